The summed E-state index contributed by atoms with van der Waals surface area (Å²) in [6, 6.07) is 8.04. The highest BCUT2D eigenvalue weighted by Crippen LogP contribution is 2.30. The number of carbonyl (C=O) groups is 1. The van der Waals surface area contributed by atoms with Crippen molar-refractivity contribution < 1.29 is 4.79 Å². The van der Waals surface area contributed by atoms with Crippen molar-refractivity contribution in [3.05, 3.63) is 51.3 Å². The molecule has 3 rings (SSSR count). The van der Waals surface area contributed by atoms with Gasteiger partial charge in [0, 0.05) is 33.3 Å². The van der Waals surface area contributed by atoms with Crippen LogP contribution < -0.4 is 5.32 Å². The van der Waals surface area contributed by atoms with Crippen molar-refractivity contribution in [2.45, 2.75) is 13.3 Å². The van der Waals surface area contributed by atoms with Crippen LogP contribution in [0.5, 0.6) is 0 Å². The molecule has 0 unspecified atom stereocenters. The van der Waals surface area contributed by atoms with Crippen molar-refractivity contribution >= 4 is 38.7 Å². The highest BCUT2D eigenvalue weighted by atomic mass is 32.1. The summed E-state index contributed by atoms with van der Waals surface area (Å²) >= 11 is 3.25. The molecule has 0 aliphatic carbocycles. The van der Waals surface area contributed by atoms with Gasteiger partial charge in [0.1, 0.15) is 0 Å². The largest absolute Gasteiger partial charge is 0.352 e. The second-order valence-electron chi connectivity index (χ2n) is 4.52. The van der Waals surface area contributed by atoms with Gasteiger partial charge in [-0.1, -0.05) is 18.2 Å². The Morgan fingerprint density at radius 1 is 1.35 bits per heavy atom. The van der Waals surface area contributed by atoms with Gasteiger partial charge in [-0.15, -0.1) is 22.7 Å². The second-order valence-corrected chi connectivity index (χ2v) is 6.49. The maximum absolute atomic E-state index is 12.3. The van der Waals surface area contributed by atoms with Crippen LogP contribution in [0.1, 0.15) is 20.9 Å². The monoisotopic (exact) mass is 302 g/mol. The van der Waals surface area contributed by atoms with E-state index in [0.29, 0.717) is 6.54 Å². The number of nitrogens with one attached hydrogen (secondary N) is 1. The molecule has 0 aliphatic heterocycles. The van der Waals surface area contributed by atoms with Crippen LogP contribution in [0.4, 0.5) is 0 Å². The Kier molecular flexibility index (Phi) is 3.80. The van der Waals surface area contributed by atoms with E-state index in [2.05, 4.69) is 16.4 Å². The smallest absolute Gasteiger partial charge is 0.253 e. The standard InChI is InChI=1S/C15H14N2OS2/c1-10-14(12-4-2-3-5-13(12)20-10)15(18)16-7-6-11-8-19-9-17-11/h2-5,8-9H,6-7H2,1H3,(H,16,18). The van der Waals surface area contributed by atoms with Gasteiger partial charge in [-0.3, -0.25) is 4.79 Å². The zero-order chi connectivity index (χ0) is 13.9. The lowest BCUT2D eigenvalue weighted by Gasteiger charge is -2.04. The Morgan fingerprint density at radius 3 is 3.00 bits per heavy atom. The molecule has 0 aliphatic rings. The molecule has 1 amide bonds. The second kappa shape index (κ2) is 5.73. The van der Waals surface area contributed by atoms with Crippen LogP contribution in [0.3, 0.4) is 0 Å². The minimum Gasteiger partial charge on any atom is -0.352 e. The van der Waals surface area contributed by atoms with Gasteiger partial charge in [-0.2, -0.15) is 0 Å². The molecule has 0 fully saturated rings. The molecule has 3 nitrogen and oxygen atoms in total. The average Bonchev–Trinajstić information content (AvgIpc) is 3.04. The first-order valence-electron chi connectivity index (χ1n) is 6.39. The Labute approximate surface area is 125 Å². The molecule has 0 radical (unpaired) electrons. The number of carbonyl (C=O) groups excluding carboxylic acids is 1. The summed E-state index contributed by atoms with van der Waals surface area (Å²) in [7, 11) is 0. The SMILES string of the molecule is Cc1sc2ccccc2c1C(=O)NCCc1cscn1. The van der Waals surface area contributed by atoms with Crippen LogP contribution in [0, 0.1) is 6.92 Å². The molecule has 1 aromatic carbocycles. The number of hydrogen-bond donors (Lipinski definition) is 1. The predicted molar refractivity (Wildman–Crippen MR) is 84.7 cm³/mol. The molecule has 0 saturated carbocycles. The van der Waals surface area contributed by atoms with E-state index in [1.54, 1.807) is 22.7 Å². The highest BCUT2D eigenvalue weighted by Gasteiger charge is 2.15. The fourth-order valence-corrected chi connectivity index (χ4v) is 3.86. The molecule has 102 valence electrons. The van der Waals surface area contributed by atoms with Gasteiger partial charge >= 0.3 is 0 Å². The Bertz CT molecular complexity index is 732. The first-order valence-corrected chi connectivity index (χ1v) is 8.15. The van der Waals surface area contributed by atoms with E-state index in [0.717, 1.165) is 32.6 Å². The molecule has 2 aromatic heterocycles. The molecule has 0 atom stereocenters. The summed E-state index contributed by atoms with van der Waals surface area (Å²) in [5.74, 6) is 0.00943. The van der Waals surface area contributed by atoms with Crippen molar-refractivity contribution in [3.8, 4) is 0 Å². The topological polar surface area (TPSA) is 42.0 Å². The summed E-state index contributed by atoms with van der Waals surface area (Å²) in [5.41, 5.74) is 3.65. The van der Waals surface area contributed by atoms with E-state index in [9.17, 15) is 4.79 Å². The lowest BCUT2D eigenvalue weighted by molar-refractivity contribution is 0.0955. The summed E-state index contributed by atoms with van der Waals surface area (Å²) in [6.45, 7) is 2.62. The summed E-state index contributed by atoms with van der Waals surface area (Å²) in [4.78, 5) is 17.6. The predicted octanol–water partition coefficient (Wildman–Crippen LogP) is 3.64. The number of aromatic nitrogens is 1. The lowest BCUT2D eigenvalue weighted by atomic mass is 10.1. The minimum atomic E-state index is 0.00943. The molecule has 2 heterocycles. The number of nitrogens with zero attached hydrogens (tertiary/aromatic N) is 1. The van der Waals surface area contributed by atoms with Crippen molar-refractivity contribution in [3.63, 3.8) is 0 Å². The third kappa shape index (κ3) is 2.59. The van der Waals surface area contributed by atoms with Crippen molar-refractivity contribution in [2.24, 2.45) is 0 Å². The van der Waals surface area contributed by atoms with E-state index < -0.39 is 0 Å². The molecular formula is C15H14N2OS2. The third-order valence-electron chi connectivity index (χ3n) is 3.15. The molecule has 3 aromatic rings. The first kappa shape index (κ1) is 13.3. The highest BCUT2D eigenvalue weighted by molar-refractivity contribution is 7.19. The fraction of sp³-hybridized carbons (Fsp3) is 0.200. The molecule has 5 heteroatoms. The number of benzene rings is 1. The zero-order valence-corrected chi connectivity index (χ0v) is 12.7. The summed E-state index contributed by atoms with van der Waals surface area (Å²) < 4.78 is 1.16. The van der Waals surface area contributed by atoms with Crippen LogP contribution in [-0.4, -0.2) is 17.4 Å². The van der Waals surface area contributed by atoms with Crippen LogP contribution in [0.15, 0.2) is 35.2 Å². The number of thiophene rings is 1. The Morgan fingerprint density at radius 2 is 2.20 bits per heavy atom. The van der Waals surface area contributed by atoms with E-state index >= 15 is 0 Å². The van der Waals surface area contributed by atoms with Gasteiger partial charge < -0.3 is 5.32 Å². The fourth-order valence-electron chi connectivity index (χ4n) is 2.20. The van der Waals surface area contributed by atoms with Crippen LogP contribution in [0.2, 0.25) is 0 Å². The number of amides is 1. The summed E-state index contributed by atoms with van der Waals surface area (Å²) in [6.07, 6.45) is 0.774. The van der Waals surface area contributed by atoms with Gasteiger partial charge in [0.25, 0.3) is 5.91 Å². The molecule has 0 spiro atoms. The van der Waals surface area contributed by atoms with E-state index in [1.807, 2.05) is 36.0 Å². The van der Waals surface area contributed by atoms with Crippen molar-refractivity contribution in [2.75, 3.05) is 6.54 Å². The zero-order valence-electron chi connectivity index (χ0n) is 11.1. The molecule has 0 bridgehead atoms. The molecule has 20 heavy (non-hydrogen) atoms. The van der Waals surface area contributed by atoms with Crippen LogP contribution in [-0.2, 0) is 6.42 Å². The lowest BCUT2D eigenvalue weighted by Crippen LogP contribution is -2.26. The normalized spacial score (nSPS) is 10.8. The average molecular weight is 302 g/mol. The van der Waals surface area contributed by atoms with Gasteiger partial charge in [0.2, 0.25) is 0 Å². The third-order valence-corrected chi connectivity index (χ3v) is 4.87. The Balaban J connectivity index is 1.74. The van der Waals surface area contributed by atoms with Crippen molar-refractivity contribution in [1.29, 1.82) is 0 Å². The number of hydrogen-bond acceptors (Lipinski definition) is 4. The quantitative estimate of drug-likeness (QED) is 0.799. The minimum absolute atomic E-state index is 0.00943. The van der Waals surface area contributed by atoms with E-state index in [1.165, 1.54) is 0 Å². The van der Waals surface area contributed by atoms with E-state index in [-0.39, 0.29) is 5.91 Å². The van der Waals surface area contributed by atoms with Gasteiger partial charge in [-0.25, -0.2) is 4.98 Å². The maximum Gasteiger partial charge on any atom is 0.253 e. The molecule has 1 N–H and O–H groups in total. The molecular weight excluding hydrogens is 288 g/mol. The van der Waals surface area contributed by atoms with Crippen LogP contribution >= 0.6 is 22.7 Å². The van der Waals surface area contributed by atoms with Gasteiger partial charge in [0.15, 0.2) is 0 Å². The first-order chi connectivity index (χ1) is 9.75. The molecule has 0 saturated heterocycles. The number of thiazole rings is 1. The number of aryl methyl sites for hydroxylation is 1. The van der Waals surface area contributed by atoms with Crippen LogP contribution in [0.25, 0.3) is 10.1 Å². The van der Waals surface area contributed by atoms with E-state index in [4.69, 9.17) is 0 Å². The number of fused-ring (bicyclic) bond motifs is 1. The van der Waals surface area contributed by atoms with Gasteiger partial charge in [-0.05, 0) is 13.0 Å². The Hall–Kier alpha value is -1.72. The number of rotatable bonds is 4. The maximum atomic E-state index is 12.3. The van der Waals surface area contributed by atoms with Gasteiger partial charge in [0.05, 0.1) is 16.8 Å². The van der Waals surface area contributed by atoms with Crippen molar-refractivity contribution in [1.82, 2.24) is 10.3 Å². The summed E-state index contributed by atoms with van der Waals surface area (Å²) in [5, 5.41) is 6.04.